The number of allylic oxidation sites excluding steroid dienone is 1. The molecule has 1 aliphatic heterocycles. The summed E-state index contributed by atoms with van der Waals surface area (Å²) in [5, 5.41) is 15.7. The second-order valence-corrected chi connectivity index (χ2v) is 7.57. The maximum atomic E-state index is 12.3. The Morgan fingerprint density at radius 2 is 2.10 bits per heavy atom. The molecule has 2 amide bonds. The predicted octanol–water partition coefficient (Wildman–Crippen LogP) is 3.71. The average Bonchev–Trinajstić information content (AvgIpc) is 2.72. The molecule has 29 heavy (non-hydrogen) atoms. The number of rotatable bonds is 6. The second kappa shape index (κ2) is 9.30. The lowest BCUT2D eigenvalue weighted by Gasteiger charge is -2.26. The number of aryl methyl sites for hydroxylation is 1. The fourth-order valence-corrected chi connectivity index (χ4v) is 4.09. The van der Waals surface area contributed by atoms with Gasteiger partial charge in [-0.25, -0.2) is 0 Å². The number of thioether (sulfide) groups is 1. The second-order valence-electron chi connectivity index (χ2n) is 6.58. The summed E-state index contributed by atoms with van der Waals surface area (Å²) >= 11 is 1.16. The summed E-state index contributed by atoms with van der Waals surface area (Å²) in [6, 6.07) is 17.0. The number of methoxy groups -OCH3 is 1. The highest BCUT2D eigenvalue weighted by Gasteiger charge is 2.30. The zero-order valence-corrected chi connectivity index (χ0v) is 17.0. The summed E-state index contributed by atoms with van der Waals surface area (Å²) in [6.07, 6.45) is 0.216. The lowest BCUT2D eigenvalue weighted by molar-refractivity contribution is -0.121. The van der Waals surface area contributed by atoms with Crippen LogP contribution < -0.4 is 15.4 Å². The number of hydrogen-bond donors (Lipinski definition) is 2. The van der Waals surface area contributed by atoms with Crippen LogP contribution in [0.2, 0.25) is 0 Å². The monoisotopic (exact) mass is 407 g/mol. The molecule has 0 bridgehead atoms. The number of carbonyl (C=O) groups excluding carboxylic acids is 2. The number of carbonyl (C=O) groups is 2. The smallest absolute Gasteiger partial charge is 0.234 e. The molecule has 1 atom stereocenters. The molecular weight excluding hydrogens is 386 g/mol. The van der Waals surface area contributed by atoms with E-state index in [1.54, 1.807) is 31.4 Å². The van der Waals surface area contributed by atoms with Gasteiger partial charge < -0.3 is 15.4 Å². The first-order valence-electron chi connectivity index (χ1n) is 9.08. The van der Waals surface area contributed by atoms with E-state index in [1.165, 1.54) is 0 Å². The summed E-state index contributed by atoms with van der Waals surface area (Å²) in [5.41, 5.74) is 3.09. The Hall–Kier alpha value is -3.24. The number of nitriles is 1. The minimum Gasteiger partial charge on any atom is -0.497 e. The minimum absolute atomic E-state index is 0.0680. The van der Waals surface area contributed by atoms with Crippen LogP contribution in [0.5, 0.6) is 5.75 Å². The minimum atomic E-state index is -0.307. The van der Waals surface area contributed by atoms with Gasteiger partial charge in [0.2, 0.25) is 11.8 Å². The molecule has 3 rings (SSSR count). The first-order chi connectivity index (χ1) is 14.0. The van der Waals surface area contributed by atoms with E-state index in [4.69, 9.17) is 4.74 Å². The summed E-state index contributed by atoms with van der Waals surface area (Å²) in [4.78, 5) is 24.6. The third-order valence-electron chi connectivity index (χ3n) is 4.62. The first kappa shape index (κ1) is 20.5. The van der Waals surface area contributed by atoms with Gasteiger partial charge in [-0.05, 0) is 30.2 Å². The van der Waals surface area contributed by atoms with Crippen LogP contribution in [0, 0.1) is 18.3 Å². The number of ether oxygens (including phenoxy) is 1. The zero-order valence-electron chi connectivity index (χ0n) is 16.2. The predicted molar refractivity (Wildman–Crippen MR) is 113 cm³/mol. The van der Waals surface area contributed by atoms with Crippen LogP contribution in [0.1, 0.15) is 23.5 Å². The molecule has 148 valence electrons. The normalized spacial score (nSPS) is 16.0. The molecule has 0 aromatic heterocycles. The summed E-state index contributed by atoms with van der Waals surface area (Å²) in [5.74, 6) is 0.0103. The van der Waals surface area contributed by atoms with E-state index in [-0.39, 0.29) is 29.9 Å². The van der Waals surface area contributed by atoms with E-state index in [1.807, 2.05) is 31.2 Å². The fraction of sp³-hybridized carbons (Fsp3) is 0.227. The van der Waals surface area contributed by atoms with E-state index in [0.29, 0.717) is 22.0 Å². The Kier molecular flexibility index (Phi) is 6.57. The zero-order chi connectivity index (χ0) is 20.8. The number of anilines is 1. The molecule has 0 radical (unpaired) electrons. The van der Waals surface area contributed by atoms with Crippen LogP contribution in [0.15, 0.2) is 59.1 Å². The van der Waals surface area contributed by atoms with Crippen molar-refractivity contribution in [3.05, 3.63) is 70.3 Å². The largest absolute Gasteiger partial charge is 0.497 e. The van der Waals surface area contributed by atoms with Crippen molar-refractivity contribution in [1.29, 1.82) is 5.26 Å². The lowest BCUT2D eigenvalue weighted by atomic mass is 9.85. The topological polar surface area (TPSA) is 91.2 Å². The van der Waals surface area contributed by atoms with Crippen molar-refractivity contribution in [2.45, 2.75) is 19.3 Å². The Bertz CT molecular complexity index is 1010. The van der Waals surface area contributed by atoms with Gasteiger partial charge in [-0.3, -0.25) is 9.59 Å². The number of nitrogens with zero attached hydrogens (tertiary/aromatic N) is 1. The van der Waals surface area contributed by atoms with Crippen molar-refractivity contribution in [3.8, 4) is 11.8 Å². The van der Waals surface area contributed by atoms with Gasteiger partial charge in [0.25, 0.3) is 0 Å². The van der Waals surface area contributed by atoms with E-state index in [2.05, 4.69) is 16.7 Å². The van der Waals surface area contributed by atoms with Crippen molar-refractivity contribution < 1.29 is 14.3 Å². The molecule has 1 heterocycles. The van der Waals surface area contributed by atoms with Crippen LogP contribution in [0.3, 0.4) is 0 Å². The lowest BCUT2D eigenvalue weighted by Crippen LogP contribution is -2.31. The van der Waals surface area contributed by atoms with Gasteiger partial charge in [-0.1, -0.05) is 42.1 Å². The quantitative estimate of drug-likeness (QED) is 0.762. The van der Waals surface area contributed by atoms with Gasteiger partial charge in [0.15, 0.2) is 0 Å². The Balaban J connectivity index is 1.75. The van der Waals surface area contributed by atoms with Gasteiger partial charge in [-0.2, -0.15) is 5.26 Å². The Morgan fingerprint density at radius 3 is 2.83 bits per heavy atom. The highest BCUT2D eigenvalue weighted by atomic mass is 32.2. The number of amides is 2. The van der Waals surface area contributed by atoms with Gasteiger partial charge in [0.05, 0.1) is 29.5 Å². The van der Waals surface area contributed by atoms with Crippen LogP contribution in [-0.4, -0.2) is 24.7 Å². The van der Waals surface area contributed by atoms with E-state index in [9.17, 15) is 14.9 Å². The molecule has 7 heteroatoms. The summed E-state index contributed by atoms with van der Waals surface area (Å²) < 4.78 is 5.15. The van der Waals surface area contributed by atoms with Crippen LogP contribution in [-0.2, 0) is 9.59 Å². The van der Waals surface area contributed by atoms with Crippen molar-refractivity contribution in [2.75, 3.05) is 18.2 Å². The molecule has 0 saturated carbocycles. The maximum Gasteiger partial charge on any atom is 0.234 e. The van der Waals surface area contributed by atoms with Crippen molar-refractivity contribution in [1.82, 2.24) is 5.32 Å². The molecule has 2 aromatic rings. The standard InChI is InChI=1S/C22H21N3O3S/c1-14-6-3-4-9-17(14)18-11-20(26)25-22(19(18)12-23)29-13-21(27)24-15-7-5-8-16(10-15)28-2/h3-10,18H,11,13H2,1-2H3,(H,24,27)(H,25,26)/t18-/m1/s1. The van der Waals surface area contributed by atoms with Gasteiger partial charge in [0.1, 0.15) is 5.75 Å². The van der Waals surface area contributed by atoms with Crippen LogP contribution in [0.4, 0.5) is 5.69 Å². The first-order valence-corrected chi connectivity index (χ1v) is 10.1. The molecular formula is C22H21N3O3S. The molecule has 1 aliphatic rings. The van der Waals surface area contributed by atoms with Gasteiger partial charge in [-0.15, -0.1) is 0 Å². The number of benzene rings is 2. The Morgan fingerprint density at radius 1 is 1.31 bits per heavy atom. The highest BCUT2D eigenvalue weighted by Crippen LogP contribution is 2.37. The van der Waals surface area contributed by atoms with Crippen molar-refractivity contribution in [2.24, 2.45) is 0 Å². The van der Waals surface area contributed by atoms with Crippen molar-refractivity contribution in [3.63, 3.8) is 0 Å². The average molecular weight is 407 g/mol. The summed E-state index contributed by atoms with van der Waals surface area (Å²) in [6.45, 7) is 1.96. The summed E-state index contributed by atoms with van der Waals surface area (Å²) in [7, 11) is 1.56. The van der Waals surface area contributed by atoms with Crippen LogP contribution >= 0.6 is 11.8 Å². The third kappa shape index (κ3) is 4.98. The molecule has 0 fully saturated rings. The molecule has 0 aliphatic carbocycles. The molecule has 0 unspecified atom stereocenters. The van der Waals surface area contributed by atoms with Gasteiger partial charge >= 0.3 is 0 Å². The van der Waals surface area contributed by atoms with E-state index in [0.717, 1.165) is 22.9 Å². The SMILES string of the molecule is COc1cccc(NC(=O)CSC2=C(C#N)[C@@H](c3ccccc3C)CC(=O)N2)c1. The maximum absolute atomic E-state index is 12.3. The molecule has 6 nitrogen and oxygen atoms in total. The molecule has 0 saturated heterocycles. The van der Waals surface area contributed by atoms with E-state index < -0.39 is 0 Å². The molecule has 2 N–H and O–H groups in total. The molecule has 2 aromatic carbocycles. The Labute approximate surface area is 173 Å². The highest BCUT2D eigenvalue weighted by molar-refractivity contribution is 8.03. The van der Waals surface area contributed by atoms with E-state index >= 15 is 0 Å². The van der Waals surface area contributed by atoms with Crippen LogP contribution in [0.25, 0.3) is 0 Å². The third-order valence-corrected chi connectivity index (χ3v) is 5.64. The van der Waals surface area contributed by atoms with Crippen molar-refractivity contribution >= 4 is 29.3 Å². The van der Waals surface area contributed by atoms with Gasteiger partial charge in [0, 0.05) is 24.1 Å². The number of nitrogens with one attached hydrogen (secondary N) is 2. The fourth-order valence-electron chi connectivity index (χ4n) is 3.21. The molecule has 0 spiro atoms. The number of hydrogen-bond acceptors (Lipinski definition) is 5.